The molecule has 0 atom stereocenters. The zero-order chi connectivity index (χ0) is 20.0. The molecule has 0 unspecified atom stereocenters. The van der Waals surface area contributed by atoms with E-state index in [-0.39, 0.29) is 16.5 Å². The highest BCUT2D eigenvalue weighted by molar-refractivity contribution is 6.36. The quantitative estimate of drug-likeness (QED) is 0.497. The van der Waals surface area contributed by atoms with Crippen LogP contribution in [0.2, 0.25) is 10.0 Å². The molecule has 2 amide bonds. The van der Waals surface area contributed by atoms with Gasteiger partial charge in [0.2, 0.25) is 5.91 Å². The van der Waals surface area contributed by atoms with E-state index in [1.807, 2.05) is 13.0 Å². The van der Waals surface area contributed by atoms with Crippen LogP contribution in [0.4, 0.5) is 5.69 Å². The molecule has 0 radical (unpaired) electrons. The van der Waals surface area contributed by atoms with Crippen molar-refractivity contribution in [3.05, 3.63) is 69.3 Å². The van der Waals surface area contributed by atoms with Crippen LogP contribution in [0.3, 0.4) is 0 Å². The second-order valence-corrected chi connectivity index (χ2v) is 6.57. The summed E-state index contributed by atoms with van der Waals surface area (Å²) >= 11 is 11.8. The maximum atomic E-state index is 12.2. The van der Waals surface area contributed by atoms with E-state index in [0.29, 0.717) is 22.2 Å². The monoisotopic (exact) mass is 407 g/mol. The molecule has 2 aromatic carbocycles. The molecule has 2 rings (SSSR count). The summed E-state index contributed by atoms with van der Waals surface area (Å²) in [5.74, 6) is -0.272. The molecule has 27 heavy (non-hydrogen) atoms. The maximum absolute atomic E-state index is 12.2. The summed E-state index contributed by atoms with van der Waals surface area (Å²) in [7, 11) is 1.53. The predicted molar refractivity (Wildman–Crippen MR) is 107 cm³/mol. The van der Waals surface area contributed by atoms with E-state index < -0.39 is 5.91 Å². The van der Waals surface area contributed by atoms with Crippen molar-refractivity contribution in [2.75, 3.05) is 12.4 Å². The standard InChI is InChI=1S/C19H19Cl2N3O3/c1-11-4-7-17(27-3)16(8-11)22-18(25)9-12(2)23-24-19(26)14-6-5-13(20)10-15(14)21/h4-10,23H,1-3H3,(H,22,25)(H,24,26). The smallest absolute Gasteiger partial charge is 0.271 e. The first kappa shape index (κ1) is 20.6. The van der Waals surface area contributed by atoms with E-state index in [4.69, 9.17) is 27.9 Å². The van der Waals surface area contributed by atoms with Crippen LogP contribution in [0.25, 0.3) is 0 Å². The van der Waals surface area contributed by atoms with Gasteiger partial charge in [0, 0.05) is 16.8 Å². The van der Waals surface area contributed by atoms with Crippen LogP contribution in [0.5, 0.6) is 5.75 Å². The predicted octanol–water partition coefficient (Wildman–Crippen LogP) is 4.09. The molecule has 0 heterocycles. The summed E-state index contributed by atoms with van der Waals surface area (Å²) < 4.78 is 5.22. The number of methoxy groups -OCH3 is 1. The molecule has 142 valence electrons. The normalized spacial score (nSPS) is 10.9. The van der Waals surface area contributed by atoms with Gasteiger partial charge in [-0.2, -0.15) is 0 Å². The van der Waals surface area contributed by atoms with E-state index in [2.05, 4.69) is 16.2 Å². The number of amides is 2. The number of aryl methyl sites for hydroxylation is 1. The molecular formula is C19H19Cl2N3O3. The molecule has 0 aliphatic rings. The molecule has 0 saturated heterocycles. The van der Waals surface area contributed by atoms with Crippen LogP contribution >= 0.6 is 23.2 Å². The number of hydrazine groups is 1. The number of hydrogen-bond acceptors (Lipinski definition) is 4. The molecule has 3 N–H and O–H groups in total. The third-order valence-corrected chi connectivity index (χ3v) is 4.06. The lowest BCUT2D eigenvalue weighted by Crippen LogP contribution is -2.36. The van der Waals surface area contributed by atoms with Crippen LogP contribution in [0.15, 0.2) is 48.2 Å². The van der Waals surface area contributed by atoms with Crippen molar-refractivity contribution in [2.45, 2.75) is 13.8 Å². The molecule has 6 nitrogen and oxygen atoms in total. The van der Waals surface area contributed by atoms with Gasteiger partial charge in [0.1, 0.15) is 5.75 Å². The number of benzene rings is 2. The lowest BCUT2D eigenvalue weighted by molar-refractivity contribution is -0.112. The number of hydrogen-bond donors (Lipinski definition) is 3. The first-order chi connectivity index (χ1) is 12.8. The molecule has 0 bridgehead atoms. The fraction of sp³-hybridized carbons (Fsp3) is 0.158. The topological polar surface area (TPSA) is 79.5 Å². The van der Waals surface area contributed by atoms with Crippen molar-refractivity contribution in [1.82, 2.24) is 10.9 Å². The van der Waals surface area contributed by atoms with E-state index in [9.17, 15) is 9.59 Å². The third kappa shape index (κ3) is 5.91. The minimum Gasteiger partial charge on any atom is -0.495 e. The molecule has 2 aromatic rings. The number of anilines is 1. The number of nitrogens with one attached hydrogen (secondary N) is 3. The van der Waals surface area contributed by atoms with Gasteiger partial charge in [-0.25, -0.2) is 0 Å². The van der Waals surface area contributed by atoms with Crippen molar-refractivity contribution in [3.63, 3.8) is 0 Å². The van der Waals surface area contributed by atoms with Crippen LogP contribution < -0.4 is 20.9 Å². The first-order valence-electron chi connectivity index (χ1n) is 7.95. The van der Waals surface area contributed by atoms with Gasteiger partial charge < -0.3 is 15.5 Å². The SMILES string of the molecule is COc1ccc(C)cc1NC(=O)C=C(C)NNC(=O)c1ccc(Cl)cc1Cl. The Hall–Kier alpha value is -2.70. The van der Waals surface area contributed by atoms with E-state index in [1.54, 1.807) is 25.1 Å². The Morgan fingerprint density at radius 3 is 2.48 bits per heavy atom. The lowest BCUT2D eigenvalue weighted by atomic mass is 10.2. The van der Waals surface area contributed by atoms with E-state index in [1.165, 1.54) is 25.3 Å². The largest absolute Gasteiger partial charge is 0.495 e. The van der Waals surface area contributed by atoms with Gasteiger partial charge in [-0.15, -0.1) is 0 Å². The highest BCUT2D eigenvalue weighted by atomic mass is 35.5. The maximum Gasteiger partial charge on any atom is 0.271 e. The highest BCUT2D eigenvalue weighted by Crippen LogP contribution is 2.25. The minimum atomic E-state index is -0.454. The summed E-state index contributed by atoms with van der Waals surface area (Å²) in [6.07, 6.45) is 1.31. The Labute approximate surface area is 167 Å². The van der Waals surface area contributed by atoms with Gasteiger partial charge in [-0.3, -0.25) is 15.0 Å². The highest BCUT2D eigenvalue weighted by Gasteiger charge is 2.11. The summed E-state index contributed by atoms with van der Waals surface area (Å²) in [6, 6.07) is 10.0. The van der Waals surface area contributed by atoms with Crippen molar-refractivity contribution in [3.8, 4) is 5.75 Å². The van der Waals surface area contributed by atoms with Crippen molar-refractivity contribution in [2.24, 2.45) is 0 Å². The summed E-state index contributed by atoms with van der Waals surface area (Å²) in [6.45, 7) is 3.55. The Balaban J connectivity index is 1.98. The second kappa shape index (κ2) is 9.30. The average molecular weight is 408 g/mol. The van der Waals surface area contributed by atoms with E-state index >= 15 is 0 Å². The minimum absolute atomic E-state index is 0.229. The number of halogens is 2. The zero-order valence-electron chi connectivity index (χ0n) is 15.0. The van der Waals surface area contributed by atoms with Gasteiger partial charge in [0.15, 0.2) is 0 Å². The average Bonchev–Trinajstić information content (AvgIpc) is 2.59. The van der Waals surface area contributed by atoms with Crippen LogP contribution in [-0.4, -0.2) is 18.9 Å². The Kier molecular flexibility index (Phi) is 7.10. The molecule has 0 aliphatic carbocycles. The van der Waals surface area contributed by atoms with Crippen molar-refractivity contribution < 1.29 is 14.3 Å². The number of rotatable bonds is 6. The Bertz CT molecular complexity index is 898. The molecule has 0 fully saturated rings. The summed E-state index contributed by atoms with van der Waals surface area (Å²) in [4.78, 5) is 24.3. The number of carbonyl (C=O) groups excluding carboxylic acids is 2. The van der Waals surface area contributed by atoms with Gasteiger partial charge in [0.05, 0.1) is 23.4 Å². The molecule has 0 spiro atoms. The van der Waals surface area contributed by atoms with Crippen molar-refractivity contribution in [1.29, 1.82) is 0 Å². The van der Waals surface area contributed by atoms with Gasteiger partial charge >= 0.3 is 0 Å². The number of carbonyl (C=O) groups is 2. The molecular weight excluding hydrogens is 389 g/mol. The number of allylic oxidation sites excluding steroid dienone is 1. The van der Waals surface area contributed by atoms with Gasteiger partial charge in [-0.1, -0.05) is 29.3 Å². The van der Waals surface area contributed by atoms with Gasteiger partial charge in [-0.05, 0) is 49.7 Å². The summed E-state index contributed by atoms with van der Waals surface area (Å²) in [5.41, 5.74) is 7.36. The fourth-order valence-corrected chi connectivity index (χ4v) is 2.71. The molecule has 0 aromatic heterocycles. The number of ether oxygens (including phenoxy) is 1. The first-order valence-corrected chi connectivity index (χ1v) is 8.71. The second-order valence-electron chi connectivity index (χ2n) is 5.72. The van der Waals surface area contributed by atoms with Crippen LogP contribution in [0.1, 0.15) is 22.8 Å². The van der Waals surface area contributed by atoms with Gasteiger partial charge in [0.25, 0.3) is 5.91 Å². The molecule has 0 saturated carbocycles. The zero-order valence-corrected chi connectivity index (χ0v) is 16.5. The van der Waals surface area contributed by atoms with E-state index in [0.717, 1.165) is 5.56 Å². The van der Waals surface area contributed by atoms with Crippen LogP contribution in [0, 0.1) is 6.92 Å². The molecule has 0 aliphatic heterocycles. The lowest BCUT2D eigenvalue weighted by Gasteiger charge is -2.11. The Morgan fingerprint density at radius 2 is 1.81 bits per heavy atom. The fourth-order valence-electron chi connectivity index (χ4n) is 2.22. The van der Waals surface area contributed by atoms with Crippen molar-refractivity contribution >= 4 is 40.7 Å². The molecule has 8 heteroatoms. The Morgan fingerprint density at radius 1 is 1.07 bits per heavy atom. The summed E-state index contributed by atoms with van der Waals surface area (Å²) in [5, 5.41) is 3.40. The van der Waals surface area contributed by atoms with Crippen LogP contribution in [-0.2, 0) is 4.79 Å². The third-order valence-electron chi connectivity index (χ3n) is 3.51.